The number of aromatic nitrogens is 1. The van der Waals surface area contributed by atoms with E-state index in [1.807, 2.05) is 36.4 Å². The Morgan fingerprint density at radius 3 is 2.58 bits per heavy atom. The van der Waals surface area contributed by atoms with Crippen molar-refractivity contribution in [1.82, 2.24) is 15.2 Å². The molecule has 2 aliphatic carbocycles. The fourth-order valence-electron chi connectivity index (χ4n) is 7.49. The fourth-order valence-corrected chi connectivity index (χ4v) is 8.00. The van der Waals surface area contributed by atoms with Crippen molar-refractivity contribution >= 4 is 23.2 Å². The molecular formula is C41H44Cl2N4O5. The maximum absolute atomic E-state index is 10.6. The molecule has 1 aliphatic heterocycles. The van der Waals surface area contributed by atoms with E-state index < -0.39 is 0 Å². The molecule has 7 rings (SSSR count). The van der Waals surface area contributed by atoms with Crippen molar-refractivity contribution in [3.8, 4) is 34.4 Å². The lowest BCUT2D eigenvalue weighted by molar-refractivity contribution is 0.0000496. The Balaban J connectivity index is 1.08. The Bertz CT molecular complexity index is 1910. The third-order valence-electron chi connectivity index (χ3n) is 10.3. The molecule has 4 aromatic rings. The van der Waals surface area contributed by atoms with Gasteiger partial charge in [0.15, 0.2) is 0 Å². The molecule has 0 bridgehead atoms. The summed E-state index contributed by atoms with van der Waals surface area (Å²) in [6.07, 6.45) is 8.66. The van der Waals surface area contributed by atoms with E-state index in [-0.39, 0.29) is 31.0 Å². The highest BCUT2D eigenvalue weighted by atomic mass is 35.5. The smallest absolute Gasteiger partial charge is 0.142 e. The number of hydrogen-bond acceptors (Lipinski definition) is 9. The molecule has 2 fully saturated rings. The van der Waals surface area contributed by atoms with E-state index in [1.165, 1.54) is 11.8 Å². The zero-order valence-electron chi connectivity index (χ0n) is 29.1. The monoisotopic (exact) mass is 742 g/mol. The van der Waals surface area contributed by atoms with Gasteiger partial charge in [-0.25, -0.2) is 0 Å². The number of nitriles is 1. The van der Waals surface area contributed by atoms with Crippen LogP contribution in [-0.4, -0.2) is 64.6 Å². The highest BCUT2D eigenvalue weighted by Crippen LogP contribution is 2.45. The summed E-state index contributed by atoms with van der Waals surface area (Å²) in [6.45, 7) is 3.57. The molecule has 2 heterocycles. The van der Waals surface area contributed by atoms with Crippen LogP contribution < -0.4 is 19.5 Å². The lowest BCUT2D eigenvalue weighted by Crippen LogP contribution is -2.50. The summed E-state index contributed by atoms with van der Waals surface area (Å²) >= 11 is 13.9. The lowest BCUT2D eigenvalue weighted by atomic mass is 9.92. The molecule has 1 saturated carbocycles. The fraction of sp³-hybridized carbons (Fsp3) is 0.415. The summed E-state index contributed by atoms with van der Waals surface area (Å²) in [5.41, 5.74) is 6.35. The number of hydrogen-bond donors (Lipinski definition) is 3. The van der Waals surface area contributed by atoms with Crippen LogP contribution in [0.3, 0.4) is 0 Å². The molecule has 0 radical (unpaired) electrons. The molecule has 11 heteroatoms. The normalized spacial score (nSPS) is 20.2. The molecular weight excluding hydrogens is 699 g/mol. The molecule has 1 saturated heterocycles. The number of fused-ring (bicyclic) bond motifs is 1. The van der Waals surface area contributed by atoms with Crippen molar-refractivity contribution in [1.29, 1.82) is 5.26 Å². The van der Waals surface area contributed by atoms with Crippen molar-refractivity contribution in [3.63, 3.8) is 0 Å². The van der Waals surface area contributed by atoms with Gasteiger partial charge in [-0.2, -0.15) is 5.26 Å². The van der Waals surface area contributed by atoms with Gasteiger partial charge in [0, 0.05) is 67.4 Å². The molecule has 0 amide bonds. The number of rotatable bonds is 14. The predicted octanol–water partition coefficient (Wildman–Crippen LogP) is 7.41. The number of nitrogens with zero attached hydrogens (tertiary/aromatic N) is 3. The maximum atomic E-state index is 10.6. The molecule has 52 heavy (non-hydrogen) atoms. The summed E-state index contributed by atoms with van der Waals surface area (Å²) in [5.74, 6) is 1.79. The zero-order chi connectivity index (χ0) is 36.0. The molecule has 3 aromatic carbocycles. The second kappa shape index (κ2) is 16.9. The predicted molar refractivity (Wildman–Crippen MR) is 201 cm³/mol. The van der Waals surface area contributed by atoms with Crippen molar-refractivity contribution in [2.75, 3.05) is 26.2 Å². The van der Waals surface area contributed by atoms with Gasteiger partial charge < -0.3 is 29.7 Å². The number of likely N-dealkylation sites (tertiary alicyclic amines) is 1. The summed E-state index contributed by atoms with van der Waals surface area (Å²) in [6, 6.07) is 19.8. The summed E-state index contributed by atoms with van der Waals surface area (Å²) in [7, 11) is 0. The van der Waals surface area contributed by atoms with Crippen molar-refractivity contribution in [2.24, 2.45) is 0 Å². The van der Waals surface area contributed by atoms with E-state index in [2.05, 4.69) is 33.4 Å². The minimum absolute atomic E-state index is 0.00348. The van der Waals surface area contributed by atoms with Crippen LogP contribution in [0, 0.1) is 11.3 Å². The van der Waals surface area contributed by atoms with Gasteiger partial charge in [0.2, 0.25) is 0 Å². The van der Waals surface area contributed by atoms with Crippen LogP contribution in [0.2, 0.25) is 10.0 Å². The molecule has 0 spiro atoms. The molecule has 3 atom stereocenters. The van der Waals surface area contributed by atoms with E-state index in [0.717, 1.165) is 92.4 Å². The number of halogens is 2. The molecule has 0 unspecified atom stereocenters. The van der Waals surface area contributed by atoms with Crippen LogP contribution in [0.25, 0.3) is 11.1 Å². The second-order valence-corrected chi connectivity index (χ2v) is 14.7. The van der Waals surface area contributed by atoms with Gasteiger partial charge in [-0.3, -0.25) is 9.88 Å². The van der Waals surface area contributed by atoms with Gasteiger partial charge in [0.1, 0.15) is 36.0 Å². The Morgan fingerprint density at radius 1 is 0.923 bits per heavy atom. The van der Waals surface area contributed by atoms with E-state index in [0.29, 0.717) is 46.0 Å². The van der Waals surface area contributed by atoms with Crippen LogP contribution in [0.5, 0.6) is 17.2 Å². The first kappa shape index (κ1) is 36.5. The number of β-amino-alcohol motifs (C(OH)–C–C–N with tert-alkyl or cyclic N) is 1. The molecule has 3 aliphatic rings. The van der Waals surface area contributed by atoms with Gasteiger partial charge in [-0.15, -0.1) is 0 Å². The summed E-state index contributed by atoms with van der Waals surface area (Å²) < 4.78 is 19.1. The highest BCUT2D eigenvalue weighted by Gasteiger charge is 2.29. The first-order valence-corrected chi connectivity index (χ1v) is 18.9. The van der Waals surface area contributed by atoms with Gasteiger partial charge in [0.25, 0.3) is 0 Å². The second-order valence-electron chi connectivity index (χ2n) is 14.0. The number of pyridine rings is 1. The first-order valence-electron chi connectivity index (χ1n) is 18.2. The van der Waals surface area contributed by atoms with Crippen molar-refractivity contribution < 1.29 is 24.4 Å². The minimum atomic E-state index is -0.384. The Labute approximate surface area is 315 Å². The van der Waals surface area contributed by atoms with E-state index >= 15 is 0 Å². The molecule has 1 aromatic heterocycles. The average molecular weight is 744 g/mol. The van der Waals surface area contributed by atoms with Crippen molar-refractivity contribution in [3.05, 3.63) is 105 Å². The number of benzene rings is 3. The zero-order valence-corrected chi connectivity index (χ0v) is 30.6. The first-order chi connectivity index (χ1) is 25.4. The third kappa shape index (κ3) is 8.50. The van der Waals surface area contributed by atoms with Crippen LogP contribution in [-0.2, 0) is 19.6 Å². The van der Waals surface area contributed by atoms with Gasteiger partial charge >= 0.3 is 0 Å². The van der Waals surface area contributed by atoms with Gasteiger partial charge in [0.05, 0.1) is 34.4 Å². The SMILES string of the molecule is N#Cc1cncc(COc2cc(O[C@H]3CCc4c(-c5cccc(OCCCN6CC(O)C6)c5Cl)cccc43)c(Cl)cc2CN[C@@H]2CCCC[C@@H]2O)c1. The minimum Gasteiger partial charge on any atom is -0.492 e. The third-order valence-corrected chi connectivity index (χ3v) is 11.0. The largest absolute Gasteiger partial charge is 0.492 e. The van der Waals surface area contributed by atoms with Crippen molar-refractivity contribution in [2.45, 2.75) is 82.5 Å². The lowest BCUT2D eigenvalue weighted by Gasteiger charge is -2.35. The maximum Gasteiger partial charge on any atom is 0.142 e. The summed E-state index contributed by atoms with van der Waals surface area (Å²) in [5, 5.41) is 34.0. The summed E-state index contributed by atoms with van der Waals surface area (Å²) in [4.78, 5) is 6.39. The Morgan fingerprint density at radius 2 is 1.75 bits per heavy atom. The van der Waals surface area contributed by atoms with Crippen LogP contribution in [0.15, 0.2) is 67.0 Å². The van der Waals surface area contributed by atoms with E-state index in [1.54, 1.807) is 12.3 Å². The Hall–Kier alpha value is -3.88. The van der Waals surface area contributed by atoms with Crippen LogP contribution in [0.4, 0.5) is 0 Å². The number of aliphatic hydroxyl groups is 2. The molecule has 272 valence electrons. The topological polar surface area (TPSA) is 120 Å². The number of nitrogens with one attached hydrogen (secondary N) is 1. The quantitative estimate of drug-likeness (QED) is 0.114. The molecule has 9 nitrogen and oxygen atoms in total. The van der Waals surface area contributed by atoms with Crippen LogP contribution in [0.1, 0.15) is 72.4 Å². The van der Waals surface area contributed by atoms with Gasteiger partial charge in [-0.05, 0) is 67.0 Å². The van der Waals surface area contributed by atoms with Gasteiger partial charge in [-0.1, -0.05) is 66.4 Å². The van der Waals surface area contributed by atoms with E-state index in [4.69, 9.17) is 37.4 Å². The van der Waals surface area contributed by atoms with Crippen LogP contribution >= 0.6 is 23.2 Å². The number of ether oxygens (including phenoxy) is 3. The standard InChI is InChI=1S/C41H44Cl2N4O5/c42-34-17-28(22-46-35-9-1-2-10-36(35)49)39(51-25-27-16-26(19-44)20-45-21-27)18-40(34)52-37-13-12-31-30(6-3-7-32(31)37)33-8-4-11-38(41(33)43)50-15-5-14-47-23-29(48)24-47/h3-4,6-8,11,16-18,20-21,29,35-37,46,48-49H,1-2,5,9-10,12-15,22-25H2/t35-,36+,37+/m1/s1. The molecule has 3 N–H and O–H groups in total. The number of aliphatic hydroxyl groups excluding tert-OH is 2. The highest BCUT2D eigenvalue weighted by molar-refractivity contribution is 6.35. The van der Waals surface area contributed by atoms with E-state index in [9.17, 15) is 15.5 Å². The Kier molecular flexibility index (Phi) is 11.8. The average Bonchev–Trinajstić information content (AvgIpc) is 3.56.